The van der Waals surface area contributed by atoms with Crippen molar-refractivity contribution in [2.45, 2.75) is 0 Å². The lowest BCUT2D eigenvalue weighted by Gasteiger charge is -2.14. The van der Waals surface area contributed by atoms with E-state index in [0.29, 0.717) is 5.02 Å². The Morgan fingerprint density at radius 2 is 1.78 bits per heavy atom. The standard InChI is InChI=1S/C15H13BrClN/c1-10(11-6-3-4-9-14(11)17)12-7-5-8-13(16)15(12)18-2/h3-9,18H,1H2,2H3. The molecule has 0 saturated heterocycles. The van der Waals surface area contributed by atoms with Crippen LogP contribution in [0.3, 0.4) is 0 Å². The number of nitrogens with one attached hydrogen (secondary N) is 1. The Kier molecular flexibility index (Phi) is 4.10. The molecule has 0 unspecified atom stereocenters. The predicted octanol–water partition coefficient (Wildman–Crippen LogP) is 5.21. The Morgan fingerprint density at radius 1 is 1.11 bits per heavy atom. The number of hydrogen-bond acceptors (Lipinski definition) is 1. The van der Waals surface area contributed by atoms with Crippen LogP contribution in [-0.4, -0.2) is 7.05 Å². The van der Waals surface area contributed by atoms with Crippen LogP contribution in [-0.2, 0) is 0 Å². The fourth-order valence-corrected chi connectivity index (χ4v) is 2.69. The number of para-hydroxylation sites is 1. The first-order chi connectivity index (χ1) is 8.65. The molecule has 3 heteroatoms. The van der Waals surface area contributed by atoms with Crippen LogP contribution in [0.2, 0.25) is 5.02 Å². The van der Waals surface area contributed by atoms with E-state index in [0.717, 1.165) is 26.9 Å². The van der Waals surface area contributed by atoms with E-state index in [9.17, 15) is 0 Å². The number of halogens is 2. The van der Waals surface area contributed by atoms with E-state index in [1.54, 1.807) is 0 Å². The molecule has 0 aliphatic heterocycles. The summed E-state index contributed by atoms with van der Waals surface area (Å²) < 4.78 is 1.01. The van der Waals surface area contributed by atoms with Crippen molar-refractivity contribution in [2.75, 3.05) is 12.4 Å². The van der Waals surface area contributed by atoms with Crippen molar-refractivity contribution in [1.82, 2.24) is 0 Å². The molecule has 0 spiro atoms. The van der Waals surface area contributed by atoms with Crippen molar-refractivity contribution < 1.29 is 0 Å². The van der Waals surface area contributed by atoms with Crippen molar-refractivity contribution >= 4 is 38.8 Å². The zero-order valence-electron chi connectivity index (χ0n) is 10.0. The fourth-order valence-electron chi connectivity index (χ4n) is 1.88. The van der Waals surface area contributed by atoms with E-state index in [1.807, 2.05) is 49.5 Å². The topological polar surface area (TPSA) is 12.0 Å². The van der Waals surface area contributed by atoms with Crippen LogP contribution in [0.25, 0.3) is 5.57 Å². The lowest BCUT2D eigenvalue weighted by Crippen LogP contribution is -1.97. The van der Waals surface area contributed by atoms with Gasteiger partial charge >= 0.3 is 0 Å². The highest BCUT2D eigenvalue weighted by molar-refractivity contribution is 9.10. The minimum Gasteiger partial charge on any atom is -0.387 e. The van der Waals surface area contributed by atoms with Gasteiger partial charge < -0.3 is 5.32 Å². The maximum Gasteiger partial charge on any atom is 0.0561 e. The number of benzene rings is 2. The molecule has 0 heterocycles. The Balaban J connectivity index is 2.54. The van der Waals surface area contributed by atoms with Gasteiger partial charge in [-0.05, 0) is 33.6 Å². The molecule has 92 valence electrons. The van der Waals surface area contributed by atoms with E-state index < -0.39 is 0 Å². The average molecular weight is 323 g/mol. The lowest BCUT2D eigenvalue weighted by atomic mass is 9.98. The first-order valence-corrected chi connectivity index (χ1v) is 6.72. The summed E-state index contributed by atoms with van der Waals surface area (Å²) in [6, 6.07) is 13.7. The normalized spacial score (nSPS) is 10.2. The highest BCUT2D eigenvalue weighted by Gasteiger charge is 2.11. The second kappa shape index (κ2) is 5.59. The molecular weight excluding hydrogens is 310 g/mol. The number of hydrogen-bond donors (Lipinski definition) is 1. The molecule has 2 rings (SSSR count). The molecule has 1 N–H and O–H groups in total. The van der Waals surface area contributed by atoms with Gasteiger partial charge in [0.1, 0.15) is 0 Å². The first-order valence-electron chi connectivity index (χ1n) is 5.55. The summed E-state index contributed by atoms with van der Waals surface area (Å²) in [5.41, 5.74) is 3.92. The maximum atomic E-state index is 6.21. The summed E-state index contributed by atoms with van der Waals surface area (Å²) in [6.45, 7) is 4.16. The SMILES string of the molecule is C=C(c1ccccc1Cl)c1cccc(Br)c1NC. The summed E-state index contributed by atoms with van der Waals surface area (Å²) in [4.78, 5) is 0. The first kappa shape index (κ1) is 13.2. The van der Waals surface area contributed by atoms with Gasteiger partial charge in [0.05, 0.1) is 5.69 Å². The van der Waals surface area contributed by atoms with Gasteiger partial charge in [-0.2, -0.15) is 0 Å². The third kappa shape index (κ3) is 2.45. The number of rotatable bonds is 3. The van der Waals surface area contributed by atoms with Crippen molar-refractivity contribution in [3.63, 3.8) is 0 Å². The van der Waals surface area contributed by atoms with Crippen molar-refractivity contribution in [2.24, 2.45) is 0 Å². The molecule has 0 saturated carbocycles. The second-order valence-corrected chi connectivity index (χ2v) is 5.13. The largest absolute Gasteiger partial charge is 0.387 e. The summed E-state index contributed by atoms with van der Waals surface area (Å²) in [7, 11) is 1.89. The molecule has 1 nitrogen and oxygen atoms in total. The highest BCUT2D eigenvalue weighted by atomic mass is 79.9. The molecule has 0 aliphatic rings. The van der Waals surface area contributed by atoms with Crippen molar-refractivity contribution in [1.29, 1.82) is 0 Å². The third-order valence-electron chi connectivity index (χ3n) is 2.79. The van der Waals surface area contributed by atoms with Crippen molar-refractivity contribution in [3.8, 4) is 0 Å². The molecule has 0 aliphatic carbocycles. The van der Waals surface area contributed by atoms with Gasteiger partial charge in [-0.3, -0.25) is 0 Å². The Labute approximate surface area is 121 Å². The van der Waals surface area contributed by atoms with Gasteiger partial charge in [-0.1, -0.05) is 48.5 Å². The van der Waals surface area contributed by atoms with Gasteiger partial charge in [0, 0.05) is 27.7 Å². The van der Waals surface area contributed by atoms with Gasteiger partial charge in [-0.25, -0.2) is 0 Å². The predicted molar refractivity (Wildman–Crippen MR) is 83.3 cm³/mol. The Morgan fingerprint density at radius 3 is 2.44 bits per heavy atom. The summed E-state index contributed by atoms with van der Waals surface area (Å²) in [5.74, 6) is 0. The third-order valence-corrected chi connectivity index (χ3v) is 3.78. The maximum absolute atomic E-state index is 6.21. The van der Waals surface area contributed by atoms with E-state index in [-0.39, 0.29) is 0 Å². The highest BCUT2D eigenvalue weighted by Crippen LogP contribution is 2.35. The molecule has 0 amide bonds. The van der Waals surface area contributed by atoms with Crippen LogP contribution in [0.5, 0.6) is 0 Å². The van der Waals surface area contributed by atoms with Crippen LogP contribution < -0.4 is 5.32 Å². The average Bonchev–Trinajstić information content (AvgIpc) is 2.38. The van der Waals surface area contributed by atoms with Gasteiger partial charge in [0.25, 0.3) is 0 Å². The Bertz CT molecular complexity index is 593. The van der Waals surface area contributed by atoms with Crippen LogP contribution >= 0.6 is 27.5 Å². The van der Waals surface area contributed by atoms with E-state index in [4.69, 9.17) is 11.6 Å². The fraction of sp³-hybridized carbons (Fsp3) is 0.0667. The molecule has 0 radical (unpaired) electrons. The molecule has 0 bridgehead atoms. The molecule has 2 aromatic rings. The second-order valence-electron chi connectivity index (χ2n) is 3.87. The Hall–Kier alpha value is -1.25. The van der Waals surface area contributed by atoms with Crippen molar-refractivity contribution in [3.05, 3.63) is 69.7 Å². The van der Waals surface area contributed by atoms with E-state index in [1.165, 1.54) is 0 Å². The van der Waals surface area contributed by atoms with Gasteiger partial charge in [0.2, 0.25) is 0 Å². The van der Waals surface area contributed by atoms with Crippen LogP contribution in [0, 0.1) is 0 Å². The molecular formula is C15H13BrClN. The molecule has 0 fully saturated rings. The zero-order chi connectivity index (χ0) is 13.1. The summed E-state index contributed by atoms with van der Waals surface area (Å²) in [6.07, 6.45) is 0. The quantitative estimate of drug-likeness (QED) is 0.818. The lowest BCUT2D eigenvalue weighted by molar-refractivity contribution is 1.45. The number of anilines is 1. The molecule has 0 atom stereocenters. The summed E-state index contributed by atoms with van der Waals surface area (Å²) >= 11 is 9.74. The van der Waals surface area contributed by atoms with Gasteiger partial charge in [0.15, 0.2) is 0 Å². The molecule has 18 heavy (non-hydrogen) atoms. The monoisotopic (exact) mass is 321 g/mol. The van der Waals surface area contributed by atoms with E-state index >= 15 is 0 Å². The molecule has 2 aromatic carbocycles. The molecule has 0 aromatic heterocycles. The van der Waals surface area contributed by atoms with Crippen LogP contribution in [0.4, 0.5) is 5.69 Å². The smallest absolute Gasteiger partial charge is 0.0561 e. The van der Waals surface area contributed by atoms with Crippen LogP contribution in [0.15, 0.2) is 53.5 Å². The minimum atomic E-state index is 0.713. The summed E-state index contributed by atoms with van der Waals surface area (Å²) in [5, 5.41) is 3.90. The van der Waals surface area contributed by atoms with E-state index in [2.05, 4.69) is 27.8 Å². The van der Waals surface area contributed by atoms with Crippen LogP contribution in [0.1, 0.15) is 11.1 Å². The van der Waals surface area contributed by atoms with Gasteiger partial charge in [-0.15, -0.1) is 0 Å². The zero-order valence-corrected chi connectivity index (χ0v) is 12.3. The minimum absolute atomic E-state index is 0.713.